The first kappa shape index (κ1) is 47.2. The molecule has 356 valence electrons. The Morgan fingerprint density at radius 2 is 1.07 bits per heavy atom. The minimum absolute atomic E-state index is 0.0530. The zero-order valence-corrected chi connectivity index (χ0v) is 40.2. The van der Waals surface area contributed by atoms with E-state index in [4.69, 9.17) is 9.97 Å². The van der Waals surface area contributed by atoms with Gasteiger partial charge in [0.1, 0.15) is 23.3 Å². The van der Waals surface area contributed by atoms with Crippen molar-refractivity contribution in [2.75, 3.05) is 36.8 Å². The lowest BCUT2D eigenvalue weighted by Gasteiger charge is -2.14. The molecule has 2 aliphatic rings. The van der Waals surface area contributed by atoms with Crippen LogP contribution in [0.5, 0.6) is 0 Å². The summed E-state index contributed by atoms with van der Waals surface area (Å²) in [6.45, 7) is 15.8. The normalized spacial score (nSPS) is 15.2. The topological polar surface area (TPSA) is 185 Å². The van der Waals surface area contributed by atoms with Crippen molar-refractivity contribution in [1.82, 2.24) is 48.5 Å². The summed E-state index contributed by atoms with van der Waals surface area (Å²) in [4.78, 5) is 81.0. The maximum atomic E-state index is 12.7. The Labute approximate surface area is 411 Å². The fourth-order valence-corrected chi connectivity index (χ4v) is 9.28. The Balaban J connectivity index is 0.000000176. The van der Waals surface area contributed by atoms with Gasteiger partial charge < -0.3 is 20.4 Å². The monoisotopic (exact) mass is 944 g/mol. The van der Waals surface area contributed by atoms with Crippen LogP contribution in [0.15, 0.2) is 122 Å². The van der Waals surface area contributed by atoms with Crippen molar-refractivity contribution >= 4 is 46.3 Å². The Bertz CT molecular complexity index is 3390. The zero-order chi connectivity index (χ0) is 49.8. The molecule has 71 heavy (non-hydrogen) atoms. The molecule has 8 aromatic rings. The van der Waals surface area contributed by atoms with Gasteiger partial charge in [-0.15, -0.1) is 0 Å². The summed E-state index contributed by atoms with van der Waals surface area (Å²) in [5.74, 6) is 7.75. The van der Waals surface area contributed by atoms with E-state index in [-0.39, 0.29) is 35.5 Å². The lowest BCUT2D eigenvalue weighted by atomic mass is 10.1. The van der Waals surface area contributed by atoms with Crippen molar-refractivity contribution in [1.29, 1.82) is 0 Å². The number of imidazole rings is 2. The number of fused-ring (bicyclic) bond motifs is 2. The average Bonchev–Trinajstić information content (AvgIpc) is 4.23. The number of benzene rings is 2. The lowest BCUT2D eigenvalue weighted by Crippen LogP contribution is -2.27. The number of pyridine rings is 2. The van der Waals surface area contributed by atoms with E-state index < -0.39 is 0 Å². The molecular weight excluding hydrogens is 893 g/mol. The molecular formula is C55H52N12O4. The summed E-state index contributed by atoms with van der Waals surface area (Å²) < 4.78 is 4.31. The second-order valence-electron chi connectivity index (χ2n) is 17.6. The van der Waals surface area contributed by atoms with Crippen molar-refractivity contribution in [2.45, 2.75) is 59.3 Å². The van der Waals surface area contributed by atoms with Crippen molar-refractivity contribution in [3.63, 3.8) is 0 Å². The number of hydrogen-bond acceptors (Lipinski definition) is 10. The van der Waals surface area contributed by atoms with Crippen LogP contribution in [0.1, 0.15) is 86.7 Å². The maximum absolute atomic E-state index is 12.7. The molecule has 0 saturated carbocycles. The molecule has 2 saturated heterocycles. The molecule has 0 unspecified atom stereocenters. The minimum Gasteiger partial charge on any atom is -0.338 e. The van der Waals surface area contributed by atoms with Gasteiger partial charge in [-0.2, -0.15) is 0 Å². The predicted octanol–water partition coefficient (Wildman–Crippen LogP) is 8.16. The molecule has 0 bridgehead atoms. The second-order valence-corrected chi connectivity index (χ2v) is 17.6. The number of anilines is 2. The second kappa shape index (κ2) is 20.4. The predicted molar refractivity (Wildman–Crippen MR) is 272 cm³/mol. The van der Waals surface area contributed by atoms with E-state index >= 15 is 0 Å². The van der Waals surface area contributed by atoms with Crippen LogP contribution in [0.2, 0.25) is 0 Å². The third kappa shape index (κ3) is 9.75. The molecule has 2 atom stereocenters. The molecule has 16 heteroatoms. The van der Waals surface area contributed by atoms with Gasteiger partial charge in [0.05, 0.1) is 33.8 Å². The van der Waals surface area contributed by atoms with E-state index in [0.29, 0.717) is 48.9 Å². The van der Waals surface area contributed by atoms with Crippen LogP contribution in [0.25, 0.3) is 33.5 Å². The summed E-state index contributed by atoms with van der Waals surface area (Å²) >= 11 is 0. The number of hydrogen-bond donors (Lipinski definition) is 2. The summed E-state index contributed by atoms with van der Waals surface area (Å²) in [5.41, 5.74) is 10.1. The highest BCUT2D eigenvalue weighted by molar-refractivity contribution is 6.05. The summed E-state index contributed by atoms with van der Waals surface area (Å²) in [6.07, 6.45) is 9.99. The standard InChI is InChI=1S/C28H26N6O2.C27H26N6O2/c1-4-7-24(35)33-15-13-22(17-33)27-32-25(26-19(3)30-16-18(2)34(26)27)20-9-11-21(12-10-20)28(36)31-23-8-5-6-14-29-23;1-4-23(34)32-14-12-21(16-32)26-31-24(25-18(3)29-15-17(2)33(25)26)19-8-10-20(11-9-19)27(35)30-22-7-5-6-13-28-22/h5-6,8-12,14,16,22H,13,15,17H2,1-3H3,(H,29,31,36);4-11,13,15,21H,1,12,14,16H2,2-3H3,(H,28,30,35)/t22-;21-/m11/s1. The summed E-state index contributed by atoms with van der Waals surface area (Å²) in [7, 11) is 0. The van der Waals surface area contributed by atoms with Crippen molar-refractivity contribution in [2.24, 2.45) is 0 Å². The van der Waals surface area contributed by atoms with Crippen LogP contribution in [-0.4, -0.2) is 98.3 Å². The van der Waals surface area contributed by atoms with Crippen LogP contribution in [0, 0.1) is 39.5 Å². The van der Waals surface area contributed by atoms with Crippen LogP contribution >= 0.6 is 0 Å². The number of aryl methyl sites for hydroxylation is 4. The first-order chi connectivity index (χ1) is 34.4. The number of nitrogens with zero attached hydrogens (tertiary/aromatic N) is 10. The molecule has 16 nitrogen and oxygen atoms in total. The van der Waals surface area contributed by atoms with E-state index in [0.717, 1.165) is 80.8 Å². The van der Waals surface area contributed by atoms with Gasteiger partial charge in [-0.25, -0.2) is 19.9 Å². The van der Waals surface area contributed by atoms with Crippen LogP contribution in [-0.2, 0) is 9.59 Å². The lowest BCUT2D eigenvalue weighted by molar-refractivity contribution is -0.125. The van der Waals surface area contributed by atoms with E-state index in [2.05, 4.69) is 57.8 Å². The first-order valence-electron chi connectivity index (χ1n) is 23.4. The Hall–Kier alpha value is -8.84. The van der Waals surface area contributed by atoms with Gasteiger partial charge in [-0.05, 0) is 108 Å². The summed E-state index contributed by atoms with van der Waals surface area (Å²) in [5, 5.41) is 5.61. The highest BCUT2D eigenvalue weighted by Crippen LogP contribution is 2.36. The van der Waals surface area contributed by atoms with Gasteiger partial charge in [0.2, 0.25) is 5.91 Å². The molecule has 10 rings (SSSR count). The number of rotatable bonds is 9. The van der Waals surface area contributed by atoms with E-state index in [9.17, 15) is 19.2 Å². The van der Waals surface area contributed by atoms with Gasteiger partial charge in [-0.1, -0.05) is 48.9 Å². The minimum atomic E-state index is -0.227. The van der Waals surface area contributed by atoms with Crippen LogP contribution in [0.3, 0.4) is 0 Å². The molecule has 2 fully saturated rings. The van der Waals surface area contributed by atoms with Gasteiger partial charge in [0, 0.05) is 96.4 Å². The highest BCUT2D eigenvalue weighted by atomic mass is 16.2. The van der Waals surface area contributed by atoms with Gasteiger partial charge in [-0.3, -0.25) is 37.9 Å². The largest absolute Gasteiger partial charge is 0.338 e. The molecule has 2 aliphatic heterocycles. The molecule has 0 radical (unpaired) electrons. The number of aromatic nitrogens is 8. The number of carbonyl (C=O) groups excluding carboxylic acids is 4. The van der Waals surface area contributed by atoms with E-state index in [1.807, 2.05) is 81.4 Å². The van der Waals surface area contributed by atoms with E-state index in [1.165, 1.54) is 6.08 Å². The molecule has 4 amide bonds. The van der Waals surface area contributed by atoms with E-state index in [1.54, 1.807) is 72.7 Å². The van der Waals surface area contributed by atoms with Gasteiger partial charge >= 0.3 is 0 Å². The number of likely N-dealkylation sites (tertiary alicyclic amines) is 2. The quantitative estimate of drug-likeness (QED) is 0.106. The van der Waals surface area contributed by atoms with Gasteiger partial charge in [0.25, 0.3) is 17.7 Å². The van der Waals surface area contributed by atoms with Crippen LogP contribution in [0.4, 0.5) is 11.6 Å². The summed E-state index contributed by atoms with van der Waals surface area (Å²) in [6, 6.07) is 25.5. The molecule has 8 heterocycles. The number of carbonyl (C=O) groups is 4. The van der Waals surface area contributed by atoms with Gasteiger partial charge in [0.15, 0.2) is 0 Å². The first-order valence-corrected chi connectivity index (χ1v) is 23.4. The third-order valence-electron chi connectivity index (χ3n) is 12.9. The molecule has 0 aliphatic carbocycles. The SMILES string of the molecule is C=CC(=O)N1CC[C@@H](c2nc(-c3ccc(C(=O)Nc4ccccn4)cc3)c3c(C)ncc(C)n23)C1.CC#CC(=O)N1CC[C@@H](c2nc(-c3ccc(C(=O)Nc4ccccn4)cc3)c3c(C)ncc(C)n23)C1. The number of nitrogens with one attached hydrogen (secondary N) is 2. The van der Waals surface area contributed by atoms with Crippen molar-refractivity contribution in [3.05, 3.63) is 168 Å². The zero-order valence-electron chi connectivity index (χ0n) is 40.2. The Morgan fingerprint density at radius 1 is 0.620 bits per heavy atom. The molecule has 2 N–H and O–H groups in total. The number of amides is 4. The third-order valence-corrected chi connectivity index (χ3v) is 12.9. The van der Waals surface area contributed by atoms with Crippen molar-refractivity contribution in [3.8, 4) is 34.4 Å². The molecule has 6 aromatic heterocycles. The fraction of sp³-hybridized carbons (Fsp3) is 0.236. The smallest absolute Gasteiger partial charge is 0.298 e. The van der Waals surface area contributed by atoms with Crippen LogP contribution < -0.4 is 10.6 Å². The Kier molecular flexibility index (Phi) is 13.6. The average molecular weight is 945 g/mol. The molecule has 2 aromatic carbocycles. The highest BCUT2D eigenvalue weighted by Gasteiger charge is 2.33. The Morgan fingerprint density at radius 3 is 1.49 bits per heavy atom. The maximum Gasteiger partial charge on any atom is 0.298 e. The molecule has 0 spiro atoms. The van der Waals surface area contributed by atoms with Crippen molar-refractivity contribution < 1.29 is 19.2 Å². The fourth-order valence-electron chi connectivity index (χ4n) is 9.28.